The van der Waals surface area contributed by atoms with Crippen LogP contribution >= 0.6 is 23.4 Å². The molecule has 104 valence electrons. The van der Waals surface area contributed by atoms with E-state index in [2.05, 4.69) is 30.3 Å². The topological polar surface area (TPSA) is 26.0 Å². The first-order valence-electron chi connectivity index (χ1n) is 7.04. The lowest BCUT2D eigenvalue weighted by Crippen LogP contribution is -2.02. The summed E-state index contributed by atoms with van der Waals surface area (Å²) in [6, 6.07) is 13.0. The summed E-state index contributed by atoms with van der Waals surface area (Å²) < 4.78 is 0. The largest absolute Gasteiger partial charge is 0.330 e. The van der Waals surface area contributed by atoms with Gasteiger partial charge in [0, 0.05) is 9.79 Å². The van der Waals surface area contributed by atoms with Crippen LogP contribution in [0.5, 0.6) is 0 Å². The molecule has 2 aromatic rings. The van der Waals surface area contributed by atoms with Crippen molar-refractivity contribution in [2.24, 2.45) is 5.73 Å². The Morgan fingerprint density at radius 3 is 2.70 bits per heavy atom. The van der Waals surface area contributed by atoms with Gasteiger partial charge < -0.3 is 5.73 Å². The van der Waals surface area contributed by atoms with Gasteiger partial charge in [0.2, 0.25) is 0 Å². The average Bonchev–Trinajstić information content (AvgIpc) is 2.90. The molecule has 0 spiro atoms. The summed E-state index contributed by atoms with van der Waals surface area (Å²) in [6.07, 6.45) is 4.61. The second-order valence-electron chi connectivity index (χ2n) is 5.19. The molecule has 1 aliphatic carbocycles. The zero-order chi connectivity index (χ0) is 13.9. The maximum atomic E-state index is 6.37. The van der Waals surface area contributed by atoms with Crippen LogP contribution in [0, 0.1) is 0 Å². The Labute approximate surface area is 129 Å². The Morgan fingerprint density at radius 1 is 1.05 bits per heavy atom. The summed E-state index contributed by atoms with van der Waals surface area (Å²) in [6.45, 7) is 0.660. The second kappa shape index (κ2) is 6.21. The number of halogens is 1. The minimum atomic E-state index is 0.660. The first-order valence-corrected chi connectivity index (χ1v) is 8.24. The van der Waals surface area contributed by atoms with Gasteiger partial charge in [0.05, 0.1) is 5.02 Å². The molecule has 0 heterocycles. The number of aryl methyl sites for hydroxylation is 2. The Hall–Kier alpha value is -0.960. The smallest absolute Gasteiger partial charge is 0.0548 e. The van der Waals surface area contributed by atoms with Gasteiger partial charge in [-0.05, 0) is 73.2 Å². The maximum absolute atomic E-state index is 6.37. The van der Waals surface area contributed by atoms with Gasteiger partial charge in [-0.15, -0.1) is 0 Å². The highest BCUT2D eigenvalue weighted by Gasteiger charge is 2.12. The van der Waals surface area contributed by atoms with Gasteiger partial charge in [0.1, 0.15) is 0 Å². The molecule has 0 unspecified atom stereocenters. The first kappa shape index (κ1) is 14.0. The van der Waals surface area contributed by atoms with Crippen LogP contribution in [-0.2, 0) is 19.3 Å². The highest BCUT2D eigenvalue weighted by molar-refractivity contribution is 7.99. The molecule has 20 heavy (non-hydrogen) atoms. The molecule has 0 amide bonds. The van der Waals surface area contributed by atoms with Gasteiger partial charge in [-0.2, -0.15) is 0 Å². The maximum Gasteiger partial charge on any atom is 0.0548 e. The Morgan fingerprint density at radius 2 is 1.90 bits per heavy atom. The lowest BCUT2D eigenvalue weighted by molar-refractivity contribution is 0.911. The van der Waals surface area contributed by atoms with Crippen LogP contribution in [0.4, 0.5) is 0 Å². The molecule has 0 radical (unpaired) electrons. The van der Waals surface area contributed by atoms with Crippen molar-refractivity contribution in [3.05, 3.63) is 58.1 Å². The summed E-state index contributed by atoms with van der Waals surface area (Å²) in [7, 11) is 0. The van der Waals surface area contributed by atoms with Crippen molar-refractivity contribution >= 4 is 23.4 Å². The van der Waals surface area contributed by atoms with Gasteiger partial charge in [-0.1, -0.05) is 35.5 Å². The summed E-state index contributed by atoms with van der Waals surface area (Å²) >= 11 is 8.11. The quantitative estimate of drug-likeness (QED) is 0.901. The van der Waals surface area contributed by atoms with E-state index < -0.39 is 0 Å². The van der Waals surface area contributed by atoms with E-state index in [9.17, 15) is 0 Å². The molecule has 0 saturated heterocycles. The number of benzene rings is 2. The van der Waals surface area contributed by atoms with Crippen molar-refractivity contribution in [3.8, 4) is 0 Å². The number of hydrogen-bond donors (Lipinski definition) is 1. The van der Waals surface area contributed by atoms with Crippen LogP contribution in [0.3, 0.4) is 0 Å². The first-order chi connectivity index (χ1) is 9.76. The van der Waals surface area contributed by atoms with Crippen LogP contribution in [-0.4, -0.2) is 6.54 Å². The molecular weight excluding hydrogens is 286 g/mol. The fraction of sp³-hybridized carbons (Fsp3) is 0.294. The normalized spacial score (nSPS) is 13.5. The van der Waals surface area contributed by atoms with Crippen molar-refractivity contribution in [1.29, 1.82) is 0 Å². The van der Waals surface area contributed by atoms with Crippen molar-refractivity contribution in [3.63, 3.8) is 0 Å². The molecule has 0 aliphatic heterocycles. The average molecular weight is 304 g/mol. The molecular formula is C17H18ClNS. The van der Waals surface area contributed by atoms with Gasteiger partial charge in [0.15, 0.2) is 0 Å². The molecule has 0 aromatic heterocycles. The second-order valence-corrected chi connectivity index (χ2v) is 6.71. The highest BCUT2D eigenvalue weighted by Crippen LogP contribution is 2.36. The Kier molecular flexibility index (Phi) is 4.35. The number of hydrogen-bond acceptors (Lipinski definition) is 2. The molecule has 0 bridgehead atoms. The monoisotopic (exact) mass is 303 g/mol. The predicted octanol–water partition coefficient (Wildman–Crippen LogP) is 4.48. The van der Waals surface area contributed by atoms with Gasteiger partial charge in [0.25, 0.3) is 0 Å². The van der Waals surface area contributed by atoms with E-state index in [-0.39, 0.29) is 0 Å². The Bertz CT molecular complexity index is 624. The van der Waals surface area contributed by atoms with Crippen molar-refractivity contribution in [1.82, 2.24) is 0 Å². The molecule has 3 heteroatoms. The predicted molar refractivity (Wildman–Crippen MR) is 86.8 cm³/mol. The van der Waals surface area contributed by atoms with E-state index in [4.69, 9.17) is 17.3 Å². The Balaban J connectivity index is 1.80. The number of rotatable bonds is 4. The molecule has 0 saturated carbocycles. The zero-order valence-corrected chi connectivity index (χ0v) is 12.9. The van der Waals surface area contributed by atoms with Crippen LogP contribution < -0.4 is 5.73 Å². The summed E-state index contributed by atoms with van der Waals surface area (Å²) in [5.41, 5.74) is 9.80. The number of fused-ring (bicyclic) bond motifs is 1. The molecule has 2 aromatic carbocycles. The van der Waals surface area contributed by atoms with E-state index in [0.717, 1.165) is 16.3 Å². The van der Waals surface area contributed by atoms with E-state index in [1.54, 1.807) is 11.8 Å². The van der Waals surface area contributed by atoms with Crippen molar-refractivity contribution in [2.45, 2.75) is 35.5 Å². The summed E-state index contributed by atoms with van der Waals surface area (Å²) in [5, 5.41) is 0.821. The molecule has 2 N–H and O–H groups in total. The van der Waals surface area contributed by atoms with Crippen LogP contribution in [0.1, 0.15) is 23.1 Å². The van der Waals surface area contributed by atoms with Gasteiger partial charge in [-0.3, -0.25) is 0 Å². The minimum Gasteiger partial charge on any atom is -0.330 e. The van der Waals surface area contributed by atoms with E-state index in [0.29, 0.717) is 6.54 Å². The fourth-order valence-electron chi connectivity index (χ4n) is 2.69. The van der Waals surface area contributed by atoms with Crippen molar-refractivity contribution in [2.75, 3.05) is 6.54 Å². The molecule has 0 fully saturated rings. The molecule has 3 rings (SSSR count). The van der Waals surface area contributed by atoms with E-state index in [1.165, 1.54) is 40.8 Å². The standard InChI is InChI=1S/C17H18ClNS/c18-16-10-12(8-9-19)4-7-17(16)20-15-6-5-13-2-1-3-14(13)11-15/h4-7,10-11H,1-3,8-9,19H2. The van der Waals surface area contributed by atoms with Crippen LogP contribution in [0.25, 0.3) is 0 Å². The van der Waals surface area contributed by atoms with Gasteiger partial charge >= 0.3 is 0 Å². The summed E-state index contributed by atoms with van der Waals surface area (Å²) in [5.74, 6) is 0. The minimum absolute atomic E-state index is 0.660. The molecule has 0 atom stereocenters. The SMILES string of the molecule is NCCc1ccc(Sc2ccc3c(c2)CCC3)c(Cl)c1. The summed E-state index contributed by atoms with van der Waals surface area (Å²) in [4.78, 5) is 2.39. The lowest BCUT2D eigenvalue weighted by atomic mass is 10.1. The van der Waals surface area contributed by atoms with Crippen LogP contribution in [0.15, 0.2) is 46.2 Å². The molecule has 1 nitrogen and oxygen atoms in total. The highest BCUT2D eigenvalue weighted by atomic mass is 35.5. The molecule has 1 aliphatic rings. The van der Waals surface area contributed by atoms with E-state index in [1.807, 2.05) is 6.07 Å². The van der Waals surface area contributed by atoms with Gasteiger partial charge in [-0.25, -0.2) is 0 Å². The van der Waals surface area contributed by atoms with Crippen molar-refractivity contribution < 1.29 is 0 Å². The third kappa shape index (κ3) is 3.03. The van der Waals surface area contributed by atoms with Crippen LogP contribution in [0.2, 0.25) is 5.02 Å². The zero-order valence-electron chi connectivity index (χ0n) is 11.4. The fourth-order valence-corrected chi connectivity index (χ4v) is 3.89. The third-order valence-corrected chi connectivity index (χ3v) is 5.22. The third-order valence-electron chi connectivity index (χ3n) is 3.73. The lowest BCUT2D eigenvalue weighted by Gasteiger charge is -2.08. The number of nitrogens with two attached hydrogens (primary N) is 1. The van der Waals surface area contributed by atoms with E-state index >= 15 is 0 Å².